The Morgan fingerprint density at radius 1 is 1.50 bits per heavy atom. The summed E-state index contributed by atoms with van der Waals surface area (Å²) in [5.74, 6) is 0.681. The Kier molecular flexibility index (Phi) is 3.54. The van der Waals surface area contributed by atoms with Gasteiger partial charge >= 0.3 is 0 Å². The Morgan fingerprint density at radius 2 is 2.12 bits per heavy atom. The van der Waals surface area contributed by atoms with Gasteiger partial charge in [0.15, 0.2) is 0 Å². The van der Waals surface area contributed by atoms with Gasteiger partial charge in [-0.15, -0.1) is 0 Å². The van der Waals surface area contributed by atoms with Crippen LogP contribution in [0.3, 0.4) is 0 Å². The van der Waals surface area contributed by atoms with Gasteiger partial charge in [-0.1, -0.05) is 30.7 Å². The molecule has 0 saturated carbocycles. The summed E-state index contributed by atoms with van der Waals surface area (Å²) in [6, 6.07) is 0. The van der Waals surface area contributed by atoms with E-state index in [-0.39, 0.29) is 25.8 Å². The van der Waals surface area contributed by atoms with Gasteiger partial charge in [0.25, 0.3) is 0 Å². The summed E-state index contributed by atoms with van der Waals surface area (Å²) in [5, 5.41) is 0. The van der Waals surface area contributed by atoms with E-state index in [1.54, 1.807) is 0 Å². The van der Waals surface area contributed by atoms with E-state index in [0.29, 0.717) is 5.92 Å². The van der Waals surface area contributed by atoms with Crippen molar-refractivity contribution in [2.24, 2.45) is 5.92 Å². The normalized spacial score (nSPS) is 24.8. The van der Waals surface area contributed by atoms with Gasteiger partial charge in [-0.3, -0.25) is 0 Å². The molecule has 8 heavy (non-hydrogen) atoms. The van der Waals surface area contributed by atoms with Crippen LogP contribution in [0.2, 0.25) is 0 Å². The third-order valence-electron chi connectivity index (χ3n) is 1.19. The van der Waals surface area contributed by atoms with Crippen LogP contribution in [-0.4, -0.2) is 0 Å². The molecule has 0 aromatic carbocycles. The monoisotopic (exact) mass is 274 g/mol. The Balaban J connectivity index is 0.000000490. The van der Waals surface area contributed by atoms with E-state index in [9.17, 15) is 0 Å². The van der Waals surface area contributed by atoms with Crippen molar-refractivity contribution in [3.05, 3.63) is 23.8 Å². The zero-order valence-electron chi connectivity index (χ0n) is 5.31. The van der Waals surface area contributed by atoms with Gasteiger partial charge < -0.3 is 0 Å². The second-order valence-corrected chi connectivity index (χ2v) is 2.13. The summed E-state index contributed by atoms with van der Waals surface area (Å²) in [6.07, 6.45) is 6.61. The first-order chi connectivity index (χ1) is 3.29. The predicted molar refractivity (Wildman–Crippen MR) is 32.1 cm³/mol. The van der Waals surface area contributed by atoms with Crippen molar-refractivity contribution in [3.63, 3.8) is 0 Å². The second kappa shape index (κ2) is 3.39. The fraction of sp³-hybridized carbons (Fsp3) is 0.429. The molecule has 0 spiro atoms. The minimum Gasteiger partial charge on any atom is -0.0776 e. The Bertz CT molecular complexity index is 122. The fourth-order valence-corrected chi connectivity index (χ4v) is 0.829. The number of allylic oxidation sites excluding steroid dienone is 4. The molecule has 1 heteroatoms. The van der Waals surface area contributed by atoms with E-state index in [1.807, 2.05) is 0 Å². The van der Waals surface area contributed by atoms with Crippen LogP contribution < -0.4 is 0 Å². The molecule has 0 heterocycles. The summed E-state index contributed by atoms with van der Waals surface area (Å²) < 4.78 is 0. The van der Waals surface area contributed by atoms with Crippen molar-refractivity contribution in [1.82, 2.24) is 0 Å². The average molecular weight is 273 g/mol. The van der Waals surface area contributed by atoms with Gasteiger partial charge in [0.2, 0.25) is 0 Å². The Morgan fingerprint density at radius 3 is 2.25 bits per heavy atom. The van der Waals surface area contributed by atoms with Crippen molar-refractivity contribution in [1.29, 1.82) is 0 Å². The molecule has 0 nitrogen and oxygen atoms in total. The summed E-state index contributed by atoms with van der Waals surface area (Å²) in [6.45, 7) is 4.31. The summed E-state index contributed by atoms with van der Waals surface area (Å²) in [4.78, 5) is 0. The van der Waals surface area contributed by atoms with E-state index in [2.05, 4.69) is 32.1 Å². The van der Waals surface area contributed by atoms with Crippen LogP contribution in [0.5, 0.6) is 0 Å². The first-order valence-electron chi connectivity index (χ1n) is 2.65. The van der Waals surface area contributed by atoms with Crippen LogP contribution in [0, 0.1) is 5.92 Å². The summed E-state index contributed by atoms with van der Waals surface area (Å²) in [5.41, 5.74) is 1.40. The molecule has 0 aliphatic heterocycles. The molecule has 0 fully saturated rings. The minimum atomic E-state index is 0. The van der Waals surface area contributed by atoms with Gasteiger partial charge in [-0.25, -0.2) is 0 Å². The van der Waals surface area contributed by atoms with Crippen LogP contribution in [-0.2, 0) is 25.8 Å². The quantitative estimate of drug-likeness (QED) is 0.593. The standard InChI is InChI=1S/C7H10.Hf/c1-6-3-4-7(2)5-6;/h3-6H,1-2H3;. The largest absolute Gasteiger partial charge is 0.0776 e. The van der Waals surface area contributed by atoms with Crippen LogP contribution in [0.1, 0.15) is 13.8 Å². The maximum absolute atomic E-state index is 2.25. The zero-order chi connectivity index (χ0) is 5.28. The molecule has 1 unspecified atom stereocenters. The number of rotatable bonds is 0. The van der Waals surface area contributed by atoms with Crippen molar-refractivity contribution >= 4 is 0 Å². The van der Waals surface area contributed by atoms with Gasteiger partial charge in [-0.2, -0.15) is 0 Å². The molecule has 0 aromatic rings. The predicted octanol–water partition coefficient (Wildman–Crippen LogP) is 2.14. The molecular formula is C7H10Hf. The molecule has 1 aliphatic rings. The van der Waals surface area contributed by atoms with E-state index >= 15 is 0 Å². The molecule has 1 rings (SSSR count). The summed E-state index contributed by atoms with van der Waals surface area (Å²) in [7, 11) is 0. The molecule has 1 aliphatic carbocycles. The molecule has 0 saturated heterocycles. The molecule has 42 valence electrons. The summed E-state index contributed by atoms with van der Waals surface area (Å²) >= 11 is 0. The van der Waals surface area contributed by atoms with E-state index in [0.717, 1.165) is 0 Å². The van der Waals surface area contributed by atoms with Crippen molar-refractivity contribution < 1.29 is 25.8 Å². The first kappa shape index (κ1) is 8.35. The van der Waals surface area contributed by atoms with Crippen LogP contribution in [0.25, 0.3) is 0 Å². The van der Waals surface area contributed by atoms with Crippen molar-refractivity contribution in [2.75, 3.05) is 0 Å². The third kappa shape index (κ3) is 2.08. The van der Waals surface area contributed by atoms with Gasteiger partial charge in [-0.05, 0) is 12.8 Å². The third-order valence-corrected chi connectivity index (χ3v) is 1.19. The Labute approximate surface area is 69.5 Å². The Hall–Kier alpha value is 0.350. The first-order valence-corrected chi connectivity index (χ1v) is 2.65. The molecule has 0 N–H and O–H groups in total. The minimum absolute atomic E-state index is 0. The molecular weight excluding hydrogens is 263 g/mol. The second-order valence-electron chi connectivity index (χ2n) is 2.13. The maximum atomic E-state index is 2.25. The van der Waals surface area contributed by atoms with E-state index in [1.165, 1.54) is 5.57 Å². The van der Waals surface area contributed by atoms with E-state index in [4.69, 9.17) is 0 Å². The van der Waals surface area contributed by atoms with Crippen LogP contribution >= 0.6 is 0 Å². The van der Waals surface area contributed by atoms with Gasteiger partial charge in [0.1, 0.15) is 0 Å². The topological polar surface area (TPSA) is 0 Å². The molecule has 0 radical (unpaired) electrons. The van der Waals surface area contributed by atoms with E-state index < -0.39 is 0 Å². The molecule has 0 aromatic heterocycles. The average Bonchev–Trinajstić information content (AvgIpc) is 1.87. The maximum Gasteiger partial charge on any atom is 0 e. The number of hydrogen-bond acceptors (Lipinski definition) is 0. The van der Waals surface area contributed by atoms with Crippen molar-refractivity contribution in [2.45, 2.75) is 13.8 Å². The molecule has 1 atom stereocenters. The molecule has 0 amide bonds. The smallest absolute Gasteiger partial charge is 0 e. The van der Waals surface area contributed by atoms with Gasteiger partial charge in [0, 0.05) is 25.8 Å². The van der Waals surface area contributed by atoms with Crippen LogP contribution in [0.15, 0.2) is 23.8 Å². The van der Waals surface area contributed by atoms with Gasteiger partial charge in [0.05, 0.1) is 0 Å². The SMILES string of the molecule is CC1=CC(C)C=C1.[Hf]. The fourth-order valence-electron chi connectivity index (χ4n) is 0.829. The molecule has 0 bridgehead atoms. The van der Waals surface area contributed by atoms with Crippen LogP contribution in [0.4, 0.5) is 0 Å². The zero-order valence-corrected chi connectivity index (χ0v) is 8.90. The van der Waals surface area contributed by atoms with Crippen molar-refractivity contribution in [3.8, 4) is 0 Å². The number of hydrogen-bond donors (Lipinski definition) is 0.